The average molecular weight is 517 g/mol. The number of hydrogen-bond donors (Lipinski definition) is 0. The summed E-state index contributed by atoms with van der Waals surface area (Å²) in [4.78, 5) is 21.5. The number of amides is 1. The van der Waals surface area contributed by atoms with Gasteiger partial charge in [-0.25, -0.2) is 4.68 Å². The molecule has 0 spiro atoms. The molecule has 1 saturated heterocycles. The Labute approximate surface area is 222 Å². The summed E-state index contributed by atoms with van der Waals surface area (Å²) in [5, 5.41) is 5.77. The number of hydrogen-bond acceptors (Lipinski definition) is 5. The molecule has 1 fully saturated rings. The quantitative estimate of drug-likeness (QED) is 0.190. The van der Waals surface area contributed by atoms with E-state index in [4.69, 9.17) is 5.10 Å². The van der Waals surface area contributed by atoms with Crippen LogP contribution in [0.2, 0.25) is 0 Å². The van der Waals surface area contributed by atoms with Gasteiger partial charge in [0.05, 0.1) is 16.3 Å². The minimum Gasteiger partial charge on any atom is -0.351 e. The van der Waals surface area contributed by atoms with Crippen LogP contribution in [0.1, 0.15) is 45.1 Å². The molecule has 2 aromatic carbocycles. The number of amidine groups is 1. The standard InChI is InChI=1S/C29H32N4OS2/c1-3-4-17-35-25-14-12-22(13-15-25)27-23(20-33(31-27)24-10-6-5-7-11-24)18-26-28(34)30-29(36-26)32-16-8-9-21(2)19-32/h5-7,10-15,18,20-21H,3-4,8-9,16-17,19H2,1-2H3/b26-18-. The number of thioether (sulfide) groups is 2. The number of carbonyl (C=O) groups is 1. The first-order valence-electron chi connectivity index (χ1n) is 12.8. The van der Waals surface area contributed by atoms with E-state index >= 15 is 0 Å². The predicted octanol–water partition coefficient (Wildman–Crippen LogP) is 7.13. The highest BCUT2D eigenvalue weighted by Crippen LogP contribution is 2.35. The van der Waals surface area contributed by atoms with Crippen molar-refractivity contribution < 1.29 is 4.79 Å². The molecule has 36 heavy (non-hydrogen) atoms. The molecule has 2 aliphatic heterocycles. The van der Waals surface area contributed by atoms with Crippen molar-refractivity contribution >= 4 is 40.7 Å². The second-order valence-electron chi connectivity index (χ2n) is 9.44. The van der Waals surface area contributed by atoms with E-state index in [0.29, 0.717) is 10.8 Å². The maximum absolute atomic E-state index is 12.9. The zero-order valence-corrected chi connectivity index (χ0v) is 22.5. The third kappa shape index (κ3) is 5.79. The summed E-state index contributed by atoms with van der Waals surface area (Å²) in [7, 11) is 0. The Balaban J connectivity index is 1.44. The molecule has 1 unspecified atom stereocenters. The molecule has 2 aliphatic rings. The highest BCUT2D eigenvalue weighted by molar-refractivity contribution is 8.18. The van der Waals surface area contributed by atoms with Gasteiger partial charge < -0.3 is 4.90 Å². The van der Waals surface area contributed by atoms with Crippen molar-refractivity contribution in [3.63, 3.8) is 0 Å². The predicted molar refractivity (Wildman–Crippen MR) is 153 cm³/mol. The van der Waals surface area contributed by atoms with Gasteiger partial charge in [0.2, 0.25) is 0 Å². The molecule has 1 atom stereocenters. The first kappa shape index (κ1) is 24.9. The van der Waals surface area contributed by atoms with Crippen LogP contribution in [-0.2, 0) is 4.79 Å². The van der Waals surface area contributed by atoms with Crippen LogP contribution in [0.5, 0.6) is 0 Å². The normalized spacial score (nSPS) is 19.2. The average Bonchev–Trinajstić information content (AvgIpc) is 3.49. The van der Waals surface area contributed by atoms with Gasteiger partial charge in [-0.15, -0.1) is 11.8 Å². The molecule has 5 nitrogen and oxygen atoms in total. The number of likely N-dealkylation sites (tertiary alicyclic amines) is 1. The number of para-hydroxylation sites is 1. The van der Waals surface area contributed by atoms with Crippen LogP contribution < -0.4 is 0 Å². The van der Waals surface area contributed by atoms with E-state index in [1.165, 1.54) is 35.9 Å². The van der Waals surface area contributed by atoms with Crippen molar-refractivity contribution in [2.45, 2.75) is 44.4 Å². The molecule has 5 rings (SSSR count). The van der Waals surface area contributed by atoms with E-state index in [-0.39, 0.29) is 5.91 Å². The third-order valence-corrected chi connectivity index (χ3v) is 8.62. The molecule has 3 aromatic rings. The summed E-state index contributed by atoms with van der Waals surface area (Å²) in [6.07, 6.45) is 8.79. The van der Waals surface area contributed by atoms with E-state index in [1.807, 2.05) is 59.0 Å². The molecule has 1 amide bonds. The molecule has 0 bridgehead atoms. The molecule has 0 N–H and O–H groups in total. The Morgan fingerprint density at radius 1 is 1.14 bits per heavy atom. The number of unbranched alkanes of at least 4 members (excludes halogenated alkanes) is 1. The summed E-state index contributed by atoms with van der Waals surface area (Å²) >= 11 is 3.38. The van der Waals surface area contributed by atoms with E-state index in [1.54, 1.807) is 0 Å². The van der Waals surface area contributed by atoms with Gasteiger partial charge in [-0.3, -0.25) is 4.79 Å². The summed E-state index contributed by atoms with van der Waals surface area (Å²) in [5.74, 6) is 1.60. The van der Waals surface area contributed by atoms with Gasteiger partial charge in [-0.2, -0.15) is 10.1 Å². The Hall–Kier alpha value is -2.77. The lowest BCUT2D eigenvalue weighted by molar-refractivity contribution is -0.113. The largest absolute Gasteiger partial charge is 0.351 e. The zero-order chi connectivity index (χ0) is 24.9. The van der Waals surface area contributed by atoms with Crippen molar-refractivity contribution in [3.8, 4) is 16.9 Å². The van der Waals surface area contributed by atoms with Gasteiger partial charge in [-0.1, -0.05) is 50.6 Å². The summed E-state index contributed by atoms with van der Waals surface area (Å²) in [5.41, 5.74) is 3.81. The molecular weight excluding hydrogens is 484 g/mol. The zero-order valence-electron chi connectivity index (χ0n) is 20.9. The summed E-state index contributed by atoms with van der Waals surface area (Å²) in [6.45, 7) is 6.42. The Morgan fingerprint density at radius 2 is 1.94 bits per heavy atom. The van der Waals surface area contributed by atoms with Crippen molar-refractivity contribution in [2.24, 2.45) is 10.9 Å². The number of rotatable bonds is 7. The van der Waals surface area contributed by atoms with Crippen LogP contribution in [-0.4, -0.2) is 44.6 Å². The van der Waals surface area contributed by atoms with Crippen LogP contribution >= 0.6 is 23.5 Å². The number of aliphatic imine (C=N–C) groups is 1. The number of carbonyl (C=O) groups excluding carboxylic acids is 1. The highest BCUT2D eigenvalue weighted by atomic mass is 32.2. The molecule has 1 aromatic heterocycles. The fourth-order valence-electron chi connectivity index (χ4n) is 4.51. The second-order valence-corrected chi connectivity index (χ2v) is 11.6. The van der Waals surface area contributed by atoms with Crippen molar-refractivity contribution in [3.05, 3.63) is 71.3 Å². The van der Waals surface area contributed by atoms with Gasteiger partial charge >= 0.3 is 0 Å². The topological polar surface area (TPSA) is 50.5 Å². The minimum absolute atomic E-state index is 0.158. The number of benzene rings is 2. The van der Waals surface area contributed by atoms with Gasteiger partial charge in [0.25, 0.3) is 5.91 Å². The smallest absolute Gasteiger partial charge is 0.286 e. The summed E-state index contributed by atoms with van der Waals surface area (Å²) in [6, 6.07) is 18.7. The van der Waals surface area contributed by atoms with Gasteiger partial charge in [0.15, 0.2) is 5.17 Å². The van der Waals surface area contributed by atoms with E-state index < -0.39 is 0 Å². The van der Waals surface area contributed by atoms with Gasteiger partial charge in [0.1, 0.15) is 0 Å². The highest BCUT2D eigenvalue weighted by Gasteiger charge is 2.29. The SMILES string of the molecule is CCCCSc1ccc(-c2nn(-c3ccccc3)cc2/C=C2\SC(N3CCCC(C)C3)=NC2=O)cc1. The molecule has 0 aliphatic carbocycles. The van der Waals surface area contributed by atoms with Crippen LogP contribution in [0.3, 0.4) is 0 Å². The van der Waals surface area contributed by atoms with Crippen LogP contribution in [0.15, 0.2) is 75.6 Å². The van der Waals surface area contributed by atoms with E-state index in [2.05, 4.69) is 48.0 Å². The molecule has 7 heteroatoms. The maximum atomic E-state index is 12.9. The lowest BCUT2D eigenvalue weighted by atomic mass is 10.0. The van der Waals surface area contributed by atoms with Crippen LogP contribution in [0.25, 0.3) is 23.0 Å². The number of nitrogens with zero attached hydrogens (tertiary/aromatic N) is 4. The molecular formula is C29H32N4OS2. The minimum atomic E-state index is -0.158. The molecule has 186 valence electrons. The monoisotopic (exact) mass is 516 g/mol. The lowest BCUT2D eigenvalue weighted by Gasteiger charge is -2.31. The molecule has 0 saturated carbocycles. The Morgan fingerprint density at radius 3 is 2.69 bits per heavy atom. The van der Waals surface area contributed by atoms with Gasteiger partial charge in [0, 0.05) is 35.3 Å². The number of piperidine rings is 1. The molecule has 0 radical (unpaired) electrons. The number of aromatic nitrogens is 2. The van der Waals surface area contributed by atoms with E-state index in [0.717, 1.165) is 52.9 Å². The van der Waals surface area contributed by atoms with Crippen molar-refractivity contribution in [2.75, 3.05) is 18.8 Å². The van der Waals surface area contributed by atoms with Crippen molar-refractivity contribution in [1.29, 1.82) is 0 Å². The van der Waals surface area contributed by atoms with Gasteiger partial charge in [-0.05, 0) is 73.0 Å². The van der Waals surface area contributed by atoms with Crippen molar-refractivity contribution in [1.82, 2.24) is 14.7 Å². The Kier molecular flexibility index (Phi) is 7.97. The maximum Gasteiger partial charge on any atom is 0.286 e. The van der Waals surface area contributed by atoms with Crippen LogP contribution in [0, 0.1) is 5.92 Å². The van der Waals surface area contributed by atoms with E-state index in [9.17, 15) is 4.79 Å². The fraction of sp³-hybridized carbons (Fsp3) is 0.345. The lowest BCUT2D eigenvalue weighted by Crippen LogP contribution is -2.37. The summed E-state index contributed by atoms with van der Waals surface area (Å²) < 4.78 is 1.89. The second kappa shape index (κ2) is 11.5. The first-order valence-corrected chi connectivity index (χ1v) is 14.6. The third-order valence-electron chi connectivity index (χ3n) is 6.48. The Bertz CT molecular complexity index is 1260. The first-order chi connectivity index (χ1) is 17.6. The fourth-order valence-corrected chi connectivity index (χ4v) is 6.45. The molecule has 3 heterocycles. The van der Waals surface area contributed by atoms with Crippen LogP contribution in [0.4, 0.5) is 0 Å².